The van der Waals surface area contributed by atoms with Crippen LogP contribution in [0.15, 0.2) is 0 Å². The van der Waals surface area contributed by atoms with Gasteiger partial charge in [-0.05, 0) is 19.4 Å². The fourth-order valence-electron chi connectivity index (χ4n) is 2.74. The van der Waals surface area contributed by atoms with Crippen molar-refractivity contribution in [2.75, 3.05) is 52.4 Å². The highest BCUT2D eigenvalue weighted by atomic mass is 35.5. The Labute approximate surface area is 146 Å². The van der Waals surface area contributed by atoms with Gasteiger partial charge in [0.1, 0.15) is 0 Å². The molecule has 2 N–H and O–H groups in total. The summed E-state index contributed by atoms with van der Waals surface area (Å²) in [5.41, 5.74) is 0. The Kier molecular flexibility index (Phi) is 14.2. The second kappa shape index (κ2) is 12.7. The van der Waals surface area contributed by atoms with Crippen LogP contribution in [0.1, 0.15) is 19.8 Å². The van der Waals surface area contributed by atoms with Gasteiger partial charge >= 0.3 is 0 Å². The normalized spacial score (nSPS) is 20.6. The molecule has 0 aromatic carbocycles. The highest BCUT2D eigenvalue weighted by Crippen LogP contribution is 2.09. The summed E-state index contributed by atoms with van der Waals surface area (Å²) in [6.07, 6.45) is 2.20. The van der Waals surface area contributed by atoms with E-state index in [-0.39, 0.29) is 43.1 Å². The Hall–Kier alpha value is 0.220. The lowest BCUT2D eigenvalue weighted by Gasteiger charge is -2.32. The van der Waals surface area contributed by atoms with Gasteiger partial charge in [-0.25, -0.2) is 0 Å². The second-order valence-electron chi connectivity index (χ2n) is 5.30. The van der Waals surface area contributed by atoms with Gasteiger partial charge in [0, 0.05) is 45.3 Å². The van der Waals surface area contributed by atoms with Crippen LogP contribution in [0.5, 0.6) is 0 Å². The van der Waals surface area contributed by atoms with Gasteiger partial charge in [0.05, 0.1) is 6.54 Å². The predicted octanol–water partition coefficient (Wildman–Crippen LogP) is 0.757. The quantitative estimate of drug-likeness (QED) is 0.774. The smallest absolute Gasteiger partial charge is 0.234 e. The minimum atomic E-state index is 0. The third kappa shape index (κ3) is 8.43. The lowest BCUT2D eigenvalue weighted by Crippen LogP contribution is -2.50. The van der Waals surface area contributed by atoms with E-state index in [1.807, 2.05) is 0 Å². The minimum absolute atomic E-state index is 0. The van der Waals surface area contributed by atoms with E-state index in [0.29, 0.717) is 12.6 Å². The summed E-state index contributed by atoms with van der Waals surface area (Å²) in [5, 5.41) is 6.48. The average Bonchev–Trinajstić information content (AvgIpc) is 2.40. The Morgan fingerprint density at radius 2 is 1.62 bits per heavy atom. The maximum atomic E-state index is 11.9. The van der Waals surface area contributed by atoms with Crippen molar-refractivity contribution in [3.8, 4) is 0 Å². The standard InChI is InChI=1S/C13H26N4O.3ClH/c1-2-16-7-3-12(4-8-16)15-13(18)11-17-9-5-14-6-10-17;;;/h12,14H,2-11H2,1H3,(H,15,18);3*1H. The zero-order valence-corrected chi connectivity index (χ0v) is 15.1. The number of rotatable bonds is 4. The second-order valence-corrected chi connectivity index (χ2v) is 5.30. The lowest BCUT2D eigenvalue weighted by atomic mass is 10.1. The van der Waals surface area contributed by atoms with Crippen LogP contribution in [0.25, 0.3) is 0 Å². The van der Waals surface area contributed by atoms with E-state index < -0.39 is 0 Å². The Morgan fingerprint density at radius 3 is 2.14 bits per heavy atom. The van der Waals surface area contributed by atoms with Crippen molar-refractivity contribution in [3.63, 3.8) is 0 Å². The highest BCUT2D eigenvalue weighted by molar-refractivity contribution is 5.86. The van der Waals surface area contributed by atoms with Crippen LogP contribution in [0, 0.1) is 0 Å². The summed E-state index contributed by atoms with van der Waals surface area (Å²) in [6, 6.07) is 0.392. The number of piperazine rings is 1. The van der Waals surface area contributed by atoms with Crippen LogP contribution in [-0.2, 0) is 4.79 Å². The van der Waals surface area contributed by atoms with Gasteiger partial charge in [-0.1, -0.05) is 6.92 Å². The molecule has 2 fully saturated rings. The zero-order chi connectivity index (χ0) is 12.8. The average molecular weight is 364 g/mol. The molecule has 2 heterocycles. The molecule has 128 valence electrons. The van der Waals surface area contributed by atoms with Crippen LogP contribution in [0.3, 0.4) is 0 Å². The number of carbonyl (C=O) groups excluding carboxylic acids is 1. The Bertz CT molecular complexity index is 270. The summed E-state index contributed by atoms with van der Waals surface area (Å²) in [7, 11) is 0. The fraction of sp³-hybridized carbons (Fsp3) is 0.923. The van der Waals surface area contributed by atoms with Gasteiger partial charge in [-0.2, -0.15) is 0 Å². The third-order valence-corrected chi connectivity index (χ3v) is 3.98. The number of hydrogen-bond donors (Lipinski definition) is 2. The van der Waals surface area contributed by atoms with Crippen molar-refractivity contribution in [1.82, 2.24) is 20.4 Å². The monoisotopic (exact) mass is 362 g/mol. The fourth-order valence-corrected chi connectivity index (χ4v) is 2.74. The molecule has 2 saturated heterocycles. The molecule has 0 unspecified atom stereocenters. The number of likely N-dealkylation sites (tertiary alicyclic amines) is 1. The third-order valence-electron chi connectivity index (χ3n) is 3.98. The molecule has 21 heavy (non-hydrogen) atoms. The summed E-state index contributed by atoms with van der Waals surface area (Å²) in [6.45, 7) is 10.1. The molecule has 0 saturated carbocycles. The van der Waals surface area contributed by atoms with Crippen LogP contribution in [-0.4, -0.2) is 74.1 Å². The van der Waals surface area contributed by atoms with Gasteiger partial charge < -0.3 is 15.5 Å². The summed E-state index contributed by atoms with van der Waals surface area (Å²) < 4.78 is 0. The van der Waals surface area contributed by atoms with Crippen molar-refractivity contribution in [2.24, 2.45) is 0 Å². The first-order valence-corrected chi connectivity index (χ1v) is 7.22. The van der Waals surface area contributed by atoms with Crippen molar-refractivity contribution in [1.29, 1.82) is 0 Å². The summed E-state index contributed by atoms with van der Waals surface area (Å²) >= 11 is 0. The number of amides is 1. The molecule has 0 aromatic rings. The lowest BCUT2D eigenvalue weighted by molar-refractivity contribution is -0.123. The molecule has 8 heteroatoms. The molecule has 0 atom stereocenters. The van der Waals surface area contributed by atoms with E-state index in [0.717, 1.165) is 58.7 Å². The summed E-state index contributed by atoms with van der Waals surface area (Å²) in [4.78, 5) is 16.6. The number of nitrogens with zero attached hydrogens (tertiary/aromatic N) is 2. The molecule has 1 amide bonds. The zero-order valence-electron chi connectivity index (χ0n) is 12.7. The molecule has 2 aliphatic rings. The number of piperidine rings is 1. The SMILES string of the molecule is CCN1CCC(NC(=O)CN2CCNCC2)CC1.Cl.Cl.Cl. The predicted molar refractivity (Wildman–Crippen MR) is 94.3 cm³/mol. The van der Waals surface area contributed by atoms with E-state index in [1.54, 1.807) is 0 Å². The molecule has 0 aromatic heterocycles. The van der Waals surface area contributed by atoms with Crippen LogP contribution in [0.4, 0.5) is 0 Å². The van der Waals surface area contributed by atoms with E-state index in [9.17, 15) is 4.79 Å². The Balaban J connectivity index is 0. The van der Waals surface area contributed by atoms with Crippen molar-refractivity contribution < 1.29 is 4.79 Å². The van der Waals surface area contributed by atoms with Gasteiger partial charge in [0.2, 0.25) is 5.91 Å². The van der Waals surface area contributed by atoms with E-state index in [4.69, 9.17) is 0 Å². The number of carbonyl (C=O) groups is 1. The maximum Gasteiger partial charge on any atom is 0.234 e. The van der Waals surface area contributed by atoms with Crippen molar-refractivity contribution in [3.05, 3.63) is 0 Å². The molecule has 2 aliphatic heterocycles. The van der Waals surface area contributed by atoms with E-state index in [2.05, 4.69) is 27.4 Å². The molecule has 0 spiro atoms. The first-order chi connectivity index (χ1) is 8.78. The first kappa shape index (κ1) is 23.5. The first-order valence-electron chi connectivity index (χ1n) is 7.22. The molecular weight excluding hydrogens is 335 g/mol. The molecule has 0 aliphatic carbocycles. The highest BCUT2D eigenvalue weighted by Gasteiger charge is 2.20. The topological polar surface area (TPSA) is 47.6 Å². The number of nitrogens with one attached hydrogen (secondary N) is 2. The van der Waals surface area contributed by atoms with Gasteiger partial charge in [0.25, 0.3) is 0 Å². The van der Waals surface area contributed by atoms with Crippen molar-refractivity contribution in [2.45, 2.75) is 25.8 Å². The van der Waals surface area contributed by atoms with Crippen LogP contribution >= 0.6 is 37.2 Å². The largest absolute Gasteiger partial charge is 0.352 e. The van der Waals surface area contributed by atoms with Crippen LogP contribution in [0.2, 0.25) is 0 Å². The number of halogens is 3. The van der Waals surface area contributed by atoms with Gasteiger partial charge in [-0.3, -0.25) is 9.69 Å². The van der Waals surface area contributed by atoms with Crippen LogP contribution < -0.4 is 10.6 Å². The van der Waals surface area contributed by atoms with E-state index in [1.165, 1.54) is 0 Å². The number of hydrogen-bond acceptors (Lipinski definition) is 4. The molecule has 5 nitrogen and oxygen atoms in total. The molecule has 2 rings (SSSR count). The molecular formula is C13H29Cl3N4O. The van der Waals surface area contributed by atoms with E-state index >= 15 is 0 Å². The van der Waals surface area contributed by atoms with Crippen molar-refractivity contribution >= 4 is 43.1 Å². The summed E-state index contributed by atoms with van der Waals surface area (Å²) in [5.74, 6) is 0.201. The van der Waals surface area contributed by atoms with Gasteiger partial charge in [-0.15, -0.1) is 37.2 Å². The molecule has 0 radical (unpaired) electrons. The Morgan fingerprint density at radius 1 is 1.05 bits per heavy atom. The van der Waals surface area contributed by atoms with Gasteiger partial charge in [0.15, 0.2) is 0 Å². The maximum absolute atomic E-state index is 11.9. The minimum Gasteiger partial charge on any atom is -0.352 e. The molecule has 0 bridgehead atoms.